The molecule has 3 aromatic rings. The summed E-state index contributed by atoms with van der Waals surface area (Å²) in [6, 6.07) is 10.5. The number of hydrogen-bond acceptors (Lipinski definition) is 3. The maximum absolute atomic E-state index is 14.3. The van der Waals surface area contributed by atoms with E-state index in [9.17, 15) is 13.6 Å². The van der Waals surface area contributed by atoms with Crippen LogP contribution in [0.5, 0.6) is 5.75 Å². The minimum atomic E-state index is -0.754. The number of halogens is 2. The fourth-order valence-corrected chi connectivity index (χ4v) is 2.79. The number of nitriles is 1. The molecule has 0 aliphatic rings. The fourth-order valence-electron chi connectivity index (χ4n) is 2.79. The van der Waals surface area contributed by atoms with Gasteiger partial charge in [0.25, 0.3) is 0 Å². The van der Waals surface area contributed by atoms with Crippen molar-refractivity contribution in [3.63, 3.8) is 0 Å². The first-order valence-electron chi connectivity index (χ1n) is 7.65. The van der Waals surface area contributed by atoms with Crippen molar-refractivity contribution in [2.75, 3.05) is 0 Å². The monoisotopic (exact) mass is 340 g/mol. The molecule has 6 heteroatoms. The van der Waals surface area contributed by atoms with Crippen LogP contribution < -0.4 is 4.74 Å². The van der Waals surface area contributed by atoms with E-state index in [4.69, 9.17) is 10.00 Å². The summed E-state index contributed by atoms with van der Waals surface area (Å²) in [6.45, 7) is 1.63. The van der Waals surface area contributed by atoms with E-state index in [1.165, 1.54) is 4.57 Å². The lowest BCUT2D eigenvalue weighted by Gasteiger charge is -2.08. The van der Waals surface area contributed by atoms with Gasteiger partial charge in [-0.25, -0.2) is 8.78 Å². The van der Waals surface area contributed by atoms with E-state index in [1.807, 2.05) is 6.07 Å². The van der Waals surface area contributed by atoms with Crippen LogP contribution in [0.25, 0.3) is 22.2 Å². The van der Waals surface area contributed by atoms with Gasteiger partial charge in [0, 0.05) is 30.5 Å². The van der Waals surface area contributed by atoms with Gasteiger partial charge in [0.15, 0.2) is 11.6 Å². The van der Waals surface area contributed by atoms with Crippen molar-refractivity contribution >= 4 is 16.9 Å². The second-order valence-electron chi connectivity index (χ2n) is 5.54. The Bertz CT molecular complexity index is 1010. The Kier molecular flexibility index (Phi) is 4.24. The molecule has 0 unspecified atom stereocenters. The third kappa shape index (κ3) is 2.85. The molecule has 0 N–H and O–H groups in total. The quantitative estimate of drug-likeness (QED) is 0.668. The van der Waals surface area contributed by atoms with Crippen molar-refractivity contribution in [2.45, 2.75) is 13.3 Å². The van der Waals surface area contributed by atoms with Gasteiger partial charge in [-0.1, -0.05) is 19.1 Å². The molecule has 0 saturated heterocycles. The maximum atomic E-state index is 14.3. The predicted octanol–water partition coefficient (Wildman–Crippen LogP) is 4.31. The second-order valence-corrected chi connectivity index (χ2v) is 5.54. The Morgan fingerprint density at radius 2 is 1.92 bits per heavy atom. The van der Waals surface area contributed by atoms with E-state index in [0.29, 0.717) is 16.8 Å². The number of hydrogen-bond donors (Lipinski definition) is 0. The SMILES string of the molecule is CCC(=O)Oc1c(-c2ccc(C#N)cc2)n(C)c2c(F)cc(F)cc12. The highest BCUT2D eigenvalue weighted by Gasteiger charge is 2.23. The molecule has 126 valence electrons. The molecule has 1 aromatic heterocycles. The highest BCUT2D eigenvalue weighted by molar-refractivity contribution is 5.97. The van der Waals surface area contributed by atoms with Crippen LogP contribution in [-0.2, 0) is 11.8 Å². The average Bonchev–Trinajstić information content (AvgIpc) is 2.86. The average molecular weight is 340 g/mol. The normalized spacial score (nSPS) is 10.7. The zero-order chi connectivity index (χ0) is 18.1. The molecule has 3 rings (SSSR count). The number of aromatic nitrogens is 1. The third-order valence-corrected chi connectivity index (χ3v) is 3.95. The lowest BCUT2D eigenvalue weighted by Crippen LogP contribution is -2.06. The van der Waals surface area contributed by atoms with Crippen LogP contribution in [-0.4, -0.2) is 10.5 Å². The molecule has 0 aliphatic carbocycles. The highest BCUT2D eigenvalue weighted by atomic mass is 19.1. The highest BCUT2D eigenvalue weighted by Crippen LogP contribution is 2.41. The molecule has 2 aromatic carbocycles. The molecular formula is C19H14F2N2O2. The topological polar surface area (TPSA) is 55.0 Å². The van der Waals surface area contributed by atoms with Crippen molar-refractivity contribution in [3.05, 3.63) is 53.6 Å². The standard InChI is InChI=1S/C19H14F2N2O2/c1-3-16(24)25-19-14-8-13(20)9-15(21)18(14)23(2)17(19)12-6-4-11(10-22)5-7-12/h4-9H,3H2,1-2H3. The van der Waals surface area contributed by atoms with Crippen molar-refractivity contribution in [3.8, 4) is 23.1 Å². The first-order chi connectivity index (χ1) is 12.0. The minimum Gasteiger partial charge on any atom is -0.424 e. The van der Waals surface area contributed by atoms with Crippen molar-refractivity contribution < 1.29 is 18.3 Å². The molecule has 0 atom stereocenters. The first kappa shape index (κ1) is 16.7. The zero-order valence-corrected chi connectivity index (χ0v) is 13.6. The number of ether oxygens (including phenoxy) is 1. The number of rotatable bonds is 3. The zero-order valence-electron chi connectivity index (χ0n) is 13.6. The van der Waals surface area contributed by atoms with Gasteiger partial charge in [0.1, 0.15) is 5.82 Å². The number of esters is 1. The second kappa shape index (κ2) is 6.36. The number of carbonyl (C=O) groups excluding carboxylic acids is 1. The Hall–Kier alpha value is -3.20. The molecule has 1 heterocycles. The molecule has 0 aliphatic heterocycles. The van der Waals surface area contributed by atoms with Crippen LogP contribution in [0, 0.1) is 23.0 Å². The number of aryl methyl sites for hydroxylation is 1. The largest absolute Gasteiger partial charge is 0.424 e. The lowest BCUT2D eigenvalue weighted by atomic mass is 10.1. The predicted molar refractivity (Wildman–Crippen MR) is 88.9 cm³/mol. The van der Waals surface area contributed by atoms with Crippen LogP contribution in [0.4, 0.5) is 8.78 Å². The molecule has 0 saturated carbocycles. The Labute approximate surface area is 142 Å². The van der Waals surface area contributed by atoms with Gasteiger partial charge < -0.3 is 9.30 Å². The molecular weight excluding hydrogens is 326 g/mol. The van der Waals surface area contributed by atoms with Crippen molar-refractivity contribution in [1.29, 1.82) is 5.26 Å². The summed E-state index contributed by atoms with van der Waals surface area (Å²) in [6.07, 6.45) is 0.126. The molecule has 0 radical (unpaired) electrons. The maximum Gasteiger partial charge on any atom is 0.310 e. The van der Waals surface area contributed by atoms with E-state index in [0.717, 1.165) is 12.1 Å². The number of nitrogens with zero attached hydrogens (tertiary/aromatic N) is 2. The van der Waals surface area contributed by atoms with Crippen LogP contribution >= 0.6 is 0 Å². The summed E-state index contributed by atoms with van der Waals surface area (Å²) in [7, 11) is 1.61. The van der Waals surface area contributed by atoms with E-state index >= 15 is 0 Å². The summed E-state index contributed by atoms with van der Waals surface area (Å²) >= 11 is 0. The van der Waals surface area contributed by atoms with Crippen LogP contribution in [0.2, 0.25) is 0 Å². The summed E-state index contributed by atoms with van der Waals surface area (Å²) in [5.74, 6) is -1.90. The van der Waals surface area contributed by atoms with Gasteiger partial charge in [0.2, 0.25) is 0 Å². The van der Waals surface area contributed by atoms with Crippen molar-refractivity contribution in [2.24, 2.45) is 7.05 Å². The smallest absolute Gasteiger partial charge is 0.310 e. The summed E-state index contributed by atoms with van der Waals surface area (Å²) in [5.41, 5.74) is 1.66. The van der Waals surface area contributed by atoms with E-state index < -0.39 is 17.6 Å². The Morgan fingerprint density at radius 3 is 2.52 bits per heavy atom. The number of benzene rings is 2. The molecule has 0 bridgehead atoms. The lowest BCUT2D eigenvalue weighted by molar-refractivity contribution is -0.133. The van der Waals surface area contributed by atoms with Gasteiger partial charge >= 0.3 is 5.97 Å². The fraction of sp³-hybridized carbons (Fsp3) is 0.158. The number of fused-ring (bicyclic) bond motifs is 1. The minimum absolute atomic E-state index is 0.104. The molecule has 25 heavy (non-hydrogen) atoms. The van der Waals surface area contributed by atoms with E-state index in [2.05, 4.69) is 0 Å². The third-order valence-electron chi connectivity index (χ3n) is 3.95. The first-order valence-corrected chi connectivity index (χ1v) is 7.65. The van der Waals surface area contributed by atoms with E-state index in [1.54, 1.807) is 38.2 Å². The van der Waals surface area contributed by atoms with Gasteiger partial charge in [-0.3, -0.25) is 4.79 Å². The summed E-state index contributed by atoms with van der Waals surface area (Å²) < 4.78 is 34.9. The van der Waals surface area contributed by atoms with Gasteiger partial charge in [-0.05, 0) is 18.2 Å². The van der Waals surface area contributed by atoms with Crippen molar-refractivity contribution in [1.82, 2.24) is 4.57 Å². The van der Waals surface area contributed by atoms with Crippen LogP contribution in [0.1, 0.15) is 18.9 Å². The molecule has 0 amide bonds. The molecule has 4 nitrogen and oxygen atoms in total. The summed E-state index contributed by atoms with van der Waals surface area (Å²) in [4.78, 5) is 11.8. The summed E-state index contributed by atoms with van der Waals surface area (Å²) in [5, 5.41) is 9.11. The van der Waals surface area contributed by atoms with Gasteiger partial charge in [-0.15, -0.1) is 0 Å². The van der Waals surface area contributed by atoms with Gasteiger partial charge in [-0.2, -0.15) is 5.26 Å². The Balaban J connectivity index is 2.33. The molecule has 0 fully saturated rings. The van der Waals surface area contributed by atoms with Gasteiger partial charge in [0.05, 0.1) is 22.8 Å². The number of carbonyl (C=O) groups is 1. The van der Waals surface area contributed by atoms with Crippen LogP contribution in [0.3, 0.4) is 0 Å². The van der Waals surface area contributed by atoms with Crippen LogP contribution in [0.15, 0.2) is 36.4 Å². The Morgan fingerprint density at radius 1 is 1.24 bits per heavy atom. The van der Waals surface area contributed by atoms with E-state index in [-0.39, 0.29) is 23.1 Å². The molecule has 0 spiro atoms.